The molecule has 4 aromatic rings. The lowest BCUT2D eigenvalue weighted by molar-refractivity contribution is 0.223. The Balaban J connectivity index is 1.62. The molecule has 0 saturated heterocycles. The average Bonchev–Trinajstić information content (AvgIpc) is 3.26. The lowest BCUT2D eigenvalue weighted by Crippen LogP contribution is -2.32. The van der Waals surface area contributed by atoms with Gasteiger partial charge in [-0.1, -0.05) is 59.8 Å². The molecule has 0 amide bonds. The molecule has 0 bridgehead atoms. The first-order chi connectivity index (χ1) is 16.1. The fourth-order valence-corrected chi connectivity index (χ4v) is 4.90. The summed E-state index contributed by atoms with van der Waals surface area (Å²) in [5.41, 5.74) is 4.71. The molecular weight excluding hydrogens is 459 g/mol. The molecule has 0 fully saturated rings. The Morgan fingerprint density at radius 2 is 1.73 bits per heavy atom. The molecule has 8 heteroatoms. The van der Waals surface area contributed by atoms with E-state index >= 15 is 0 Å². The van der Waals surface area contributed by atoms with Crippen molar-refractivity contribution in [3.8, 4) is 5.75 Å². The van der Waals surface area contributed by atoms with E-state index in [0.29, 0.717) is 16.1 Å². The number of rotatable bonds is 3. The van der Waals surface area contributed by atoms with Crippen LogP contribution in [0.25, 0.3) is 5.70 Å². The third kappa shape index (κ3) is 3.39. The van der Waals surface area contributed by atoms with Gasteiger partial charge >= 0.3 is 0 Å². The van der Waals surface area contributed by atoms with E-state index in [9.17, 15) is 4.39 Å². The largest absolute Gasteiger partial charge is 0.480 e. The molecule has 0 saturated carbocycles. The predicted molar refractivity (Wildman–Crippen MR) is 128 cm³/mol. The number of thioether (sulfide) groups is 1. The van der Waals surface area contributed by atoms with Crippen LogP contribution in [0.4, 0.5) is 10.3 Å². The molecule has 2 aliphatic rings. The number of ether oxygens (including phenoxy) is 1. The highest BCUT2D eigenvalue weighted by molar-refractivity contribution is 7.98. The summed E-state index contributed by atoms with van der Waals surface area (Å²) in [4.78, 5) is 4.67. The van der Waals surface area contributed by atoms with Gasteiger partial charge in [0.25, 0.3) is 0 Å². The van der Waals surface area contributed by atoms with Crippen molar-refractivity contribution < 1.29 is 9.13 Å². The zero-order chi connectivity index (χ0) is 22.5. The summed E-state index contributed by atoms with van der Waals surface area (Å²) in [6.07, 6.45) is 1.54. The Bertz CT molecular complexity index is 1380. The molecular formula is C25H18ClFN4OS. The number of hydrogen-bond donors (Lipinski definition) is 1. The Morgan fingerprint density at radius 3 is 2.48 bits per heavy atom. The van der Waals surface area contributed by atoms with Crippen LogP contribution in [-0.4, -0.2) is 21.0 Å². The first-order valence-electron chi connectivity index (χ1n) is 10.4. The second-order valence-electron chi connectivity index (χ2n) is 7.82. The number of nitrogens with zero attached hydrogens (tertiary/aromatic N) is 3. The topological polar surface area (TPSA) is 52.0 Å². The molecule has 164 valence electrons. The molecule has 0 aliphatic carbocycles. The summed E-state index contributed by atoms with van der Waals surface area (Å²) in [6, 6.07) is 21.8. The third-order valence-corrected chi connectivity index (χ3v) is 6.69. The summed E-state index contributed by atoms with van der Waals surface area (Å²) in [6.45, 7) is 0. The Labute approximate surface area is 199 Å². The van der Waals surface area contributed by atoms with Gasteiger partial charge in [-0.2, -0.15) is 4.98 Å². The van der Waals surface area contributed by atoms with Crippen molar-refractivity contribution in [2.45, 2.75) is 17.3 Å². The highest BCUT2D eigenvalue weighted by Crippen LogP contribution is 2.50. The molecule has 3 aromatic carbocycles. The molecule has 2 unspecified atom stereocenters. The minimum absolute atomic E-state index is 0.287. The van der Waals surface area contributed by atoms with Gasteiger partial charge in [0.2, 0.25) is 11.1 Å². The summed E-state index contributed by atoms with van der Waals surface area (Å²) >= 11 is 7.64. The lowest BCUT2D eigenvalue weighted by Gasteiger charge is -2.38. The van der Waals surface area contributed by atoms with Gasteiger partial charge in [-0.15, -0.1) is 5.10 Å². The minimum atomic E-state index is -0.398. The molecule has 5 nitrogen and oxygen atoms in total. The first kappa shape index (κ1) is 20.3. The molecule has 1 N–H and O–H groups in total. The molecule has 3 heterocycles. The Kier molecular flexibility index (Phi) is 4.89. The molecule has 33 heavy (non-hydrogen) atoms. The van der Waals surface area contributed by atoms with Crippen LogP contribution in [0.15, 0.2) is 83.5 Å². The number of nitrogens with one attached hydrogen (secondary N) is 1. The van der Waals surface area contributed by atoms with Crippen LogP contribution in [0.2, 0.25) is 5.02 Å². The molecule has 2 atom stereocenters. The Hall–Kier alpha value is -3.29. The van der Waals surface area contributed by atoms with Crippen molar-refractivity contribution in [3.63, 3.8) is 0 Å². The standard InChI is InChI=1S/C25H18ClFN4OS/c1-33-25-29-24-28-21-18-4-2-3-5-19(18)32-23(15-6-10-16(26)11-7-15)20(21)22(31(24)30-25)14-8-12-17(27)13-9-14/h2-13,22-23H,1H3,(H,28,29,30). The predicted octanol–water partition coefficient (Wildman–Crippen LogP) is 6.35. The van der Waals surface area contributed by atoms with Crippen LogP contribution in [0.5, 0.6) is 5.75 Å². The number of hydrogen-bond acceptors (Lipinski definition) is 5. The van der Waals surface area contributed by atoms with Gasteiger partial charge in [-0.3, -0.25) is 0 Å². The molecule has 0 spiro atoms. The van der Waals surface area contributed by atoms with Crippen molar-refractivity contribution in [3.05, 3.63) is 106 Å². The number of fused-ring (bicyclic) bond motifs is 3. The second kappa shape index (κ2) is 7.93. The molecule has 2 aliphatic heterocycles. The number of para-hydroxylation sites is 1. The van der Waals surface area contributed by atoms with E-state index < -0.39 is 6.10 Å². The maximum atomic E-state index is 13.8. The van der Waals surface area contributed by atoms with Gasteiger partial charge in [0.1, 0.15) is 23.7 Å². The summed E-state index contributed by atoms with van der Waals surface area (Å²) in [5, 5.41) is 9.56. The Morgan fingerprint density at radius 1 is 1.00 bits per heavy atom. The highest BCUT2D eigenvalue weighted by atomic mass is 35.5. The summed E-state index contributed by atoms with van der Waals surface area (Å²) in [5.74, 6) is 1.13. The van der Waals surface area contributed by atoms with Gasteiger partial charge < -0.3 is 10.1 Å². The number of aromatic nitrogens is 3. The molecule has 0 radical (unpaired) electrons. The summed E-state index contributed by atoms with van der Waals surface area (Å²) in [7, 11) is 0. The maximum Gasteiger partial charge on any atom is 0.227 e. The second-order valence-corrected chi connectivity index (χ2v) is 9.03. The summed E-state index contributed by atoms with van der Waals surface area (Å²) < 4.78 is 22.2. The third-order valence-electron chi connectivity index (χ3n) is 5.90. The van der Waals surface area contributed by atoms with Crippen molar-refractivity contribution in [2.24, 2.45) is 0 Å². The van der Waals surface area contributed by atoms with Crippen LogP contribution in [0.1, 0.15) is 28.8 Å². The quantitative estimate of drug-likeness (QED) is 0.349. The van der Waals surface area contributed by atoms with E-state index in [1.807, 2.05) is 59.5 Å². The smallest absolute Gasteiger partial charge is 0.227 e. The van der Waals surface area contributed by atoms with E-state index in [1.165, 1.54) is 23.9 Å². The van der Waals surface area contributed by atoms with Crippen molar-refractivity contribution in [2.75, 3.05) is 11.6 Å². The van der Waals surface area contributed by atoms with Crippen LogP contribution in [0, 0.1) is 5.82 Å². The van der Waals surface area contributed by atoms with Gasteiger partial charge in [-0.25, -0.2) is 9.07 Å². The van der Waals surface area contributed by atoms with Gasteiger partial charge in [0, 0.05) is 16.2 Å². The van der Waals surface area contributed by atoms with Crippen LogP contribution in [0.3, 0.4) is 0 Å². The zero-order valence-electron chi connectivity index (χ0n) is 17.5. The molecule has 1 aromatic heterocycles. The lowest BCUT2D eigenvalue weighted by atomic mass is 9.84. The van der Waals surface area contributed by atoms with Crippen LogP contribution >= 0.6 is 23.4 Å². The van der Waals surface area contributed by atoms with Gasteiger partial charge in [0.05, 0.1) is 5.70 Å². The van der Waals surface area contributed by atoms with E-state index in [1.54, 1.807) is 12.1 Å². The van der Waals surface area contributed by atoms with Crippen LogP contribution < -0.4 is 10.1 Å². The van der Waals surface area contributed by atoms with Gasteiger partial charge in [-0.05, 0) is 53.8 Å². The highest BCUT2D eigenvalue weighted by Gasteiger charge is 2.41. The van der Waals surface area contributed by atoms with E-state index in [2.05, 4.69) is 10.3 Å². The van der Waals surface area contributed by atoms with E-state index in [4.69, 9.17) is 21.4 Å². The first-order valence-corrected chi connectivity index (χ1v) is 12.0. The van der Waals surface area contributed by atoms with Crippen LogP contribution in [-0.2, 0) is 0 Å². The van der Waals surface area contributed by atoms with Crippen molar-refractivity contribution >= 4 is 35.0 Å². The number of benzene rings is 3. The van der Waals surface area contributed by atoms with E-state index in [0.717, 1.165) is 33.7 Å². The average molecular weight is 477 g/mol. The SMILES string of the molecule is CSc1nc2n(n1)C(c1ccc(F)cc1)C1=C(N2)c2ccccc2OC1c1ccc(Cl)cc1. The maximum absolute atomic E-state index is 13.8. The zero-order valence-corrected chi connectivity index (χ0v) is 19.1. The van der Waals surface area contributed by atoms with Crippen molar-refractivity contribution in [1.82, 2.24) is 14.8 Å². The number of anilines is 1. The van der Waals surface area contributed by atoms with Crippen molar-refractivity contribution in [1.29, 1.82) is 0 Å². The fourth-order valence-electron chi connectivity index (χ4n) is 4.42. The number of halogens is 2. The normalized spacial score (nSPS) is 18.6. The fraction of sp³-hybridized carbons (Fsp3) is 0.120. The molecule has 6 rings (SSSR count). The van der Waals surface area contributed by atoms with Gasteiger partial charge in [0.15, 0.2) is 0 Å². The van der Waals surface area contributed by atoms with E-state index in [-0.39, 0.29) is 11.9 Å². The monoisotopic (exact) mass is 476 g/mol. The minimum Gasteiger partial charge on any atom is -0.480 e.